The molecule has 0 unspecified atom stereocenters. The fourth-order valence-electron chi connectivity index (χ4n) is 3.37. The summed E-state index contributed by atoms with van der Waals surface area (Å²) in [6, 6.07) is 7.20. The minimum Gasteiger partial charge on any atom is -0.361 e. The monoisotopic (exact) mass is 224 g/mol. The summed E-state index contributed by atoms with van der Waals surface area (Å²) in [5, 5.41) is 5.12. The van der Waals surface area contributed by atoms with Crippen LogP contribution >= 0.6 is 0 Å². The standard InChI is InChI=1S/C15H16N2/c1-9-5-12-11-3-2-4-13-15(11)10(8-17-13)6-14(12)16-7-9/h2-5,8,12,14,16-17H,6-7H2,1H3/t12-,14-/m1/s1. The molecule has 86 valence electrons. The van der Waals surface area contributed by atoms with Crippen LogP contribution < -0.4 is 5.32 Å². The van der Waals surface area contributed by atoms with Gasteiger partial charge in [0.1, 0.15) is 0 Å². The highest BCUT2D eigenvalue weighted by molar-refractivity contribution is 5.88. The number of hydrogen-bond donors (Lipinski definition) is 2. The van der Waals surface area contributed by atoms with Crippen LogP contribution in [0.4, 0.5) is 0 Å². The van der Waals surface area contributed by atoms with Gasteiger partial charge in [0.2, 0.25) is 0 Å². The zero-order chi connectivity index (χ0) is 11.4. The highest BCUT2D eigenvalue weighted by Crippen LogP contribution is 2.39. The van der Waals surface area contributed by atoms with E-state index in [0.717, 1.165) is 13.0 Å². The summed E-state index contributed by atoms with van der Waals surface area (Å²) in [7, 11) is 0. The lowest BCUT2D eigenvalue weighted by atomic mass is 9.78. The largest absolute Gasteiger partial charge is 0.361 e. The van der Waals surface area contributed by atoms with Gasteiger partial charge < -0.3 is 10.3 Å². The smallest absolute Gasteiger partial charge is 0.0459 e. The fourth-order valence-corrected chi connectivity index (χ4v) is 3.37. The first-order chi connectivity index (χ1) is 8.33. The van der Waals surface area contributed by atoms with Crippen molar-refractivity contribution in [3.63, 3.8) is 0 Å². The van der Waals surface area contributed by atoms with Crippen molar-refractivity contribution in [2.45, 2.75) is 25.3 Å². The van der Waals surface area contributed by atoms with Crippen LogP contribution in [0.1, 0.15) is 24.0 Å². The fraction of sp³-hybridized carbons (Fsp3) is 0.333. The predicted octanol–water partition coefficient (Wildman–Crippen LogP) is 2.73. The Morgan fingerprint density at radius 1 is 1.29 bits per heavy atom. The van der Waals surface area contributed by atoms with Crippen molar-refractivity contribution < 1.29 is 0 Å². The lowest BCUT2D eigenvalue weighted by Gasteiger charge is -2.35. The van der Waals surface area contributed by atoms with Gasteiger partial charge in [-0.3, -0.25) is 0 Å². The molecule has 0 saturated heterocycles. The van der Waals surface area contributed by atoms with Gasteiger partial charge in [-0.05, 0) is 30.5 Å². The van der Waals surface area contributed by atoms with Crippen molar-refractivity contribution in [2.24, 2.45) is 0 Å². The topological polar surface area (TPSA) is 27.8 Å². The van der Waals surface area contributed by atoms with E-state index in [2.05, 4.69) is 47.7 Å². The van der Waals surface area contributed by atoms with Crippen LogP contribution in [0.3, 0.4) is 0 Å². The molecule has 1 aromatic carbocycles. The number of rotatable bonds is 0. The summed E-state index contributed by atoms with van der Waals surface area (Å²) >= 11 is 0. The van der Waals surface area contributed by atoms with Crippen LogP contribution in [-0.2, 0) is 6.42 Å². The molecular weight excluding hydrogens is 208 g/mol. The first-order valence-electron chi connectivity index (χ1n) is 6.32. The minimum absolute atomic E-state index is 0.552. The van der Waals surface area contributed by atoms with Crippen molar-refractivity contribution in [2.75, 3.05) is 6.54 Å². The van der Waals surface area contributed by atoms with E-state index in [9.17, 15) is 0 Å². The molecule has 2 aromatic rings. The molecule has 1 aliphatic carbocycles. The number of aromatic nitrogens is 1. The highest BCUT2D eigenvalue weighted by Gasteiger charge is 2.31. The van der Waals surface area contributed by atoms with E-state index >= 15 is 0 Å². The second kappa shape index (κ2) is 3.23. The molecule has 1 aliphatic heterocycles. The summed E-state index contributed by atoms with van der Waals surface area (Å²) in [6.45, 7) is 3.26. The molecule has 0 bridgehead atoms. The quantitative estimate of drug-likeness (QED) is 0.662. The molecule has 0 amide bonds. The molecule has 1 aromatic heterocycles. The average molecular weight is 224 g/mol. The predicted molar refractivity (Wildman–Crippen MR) is 70.3 cm³/mol. The van der Waals surface area contributed by atoms with Gasteiger partial charge in [-0.15, -0.1) is 0 Å². The lowest BCUT2D eigenvalue weighted by molar-refractivity contribution is 0.462. The third-order valence-corrected chi connectivity index (χ3v) is 4.16. The van der Waals surface area contributed by atoms with E-state index in [0.29, 0.717) is 12.0 Å². The highest BCUT2D eigenvalue weighted by atomic mass is 14.9. The van der Waals surface area contributed by atoms with Crippen LogP contribution in [0.15, 0.2) is 36.0 Å². The van der Waals surface area contributed by atoms with Crippen molar-refractivity contribution in [3.05, 3.63) is 47.2 Å². The Hall–Kier alpha value is -1.54. The Labute approximate surface area is 101 Å². The van der Waals surface area contributed by atoms with E-state index in [1.54, 1.807) is 0 Å². The SMILES string of the molecule is CC1=C[C@@H]2c3cccc4[nH]cc(c34)C[C@H]2NC1. The second-order valence-corrected chi connectivity index (χ2v) is 5.31. The first kappa shape index (κ1) is 9.49. The van der Waals surface area contributed by atoms with Gasteiger partial charge in [-0.1, -0.05) is 23.8 Å². The molecule has 2 nitrogen and oxygen atoms in total. The summed E-state index contributed by atoms with van der Waals surface area (Å²) in [5.41, 5.74) is 5.70. The molecule has 2 heterocycles. The number of aromatic amines is 1. The number of fused-ring (bicyclic) bond motifs is 2. The maximum atomic E-state index is 3.66. The molecule has 2 aliphatic rings. The first-order valence-corrected chi connectivity index (χ1v) is 6.32. The average Bonchev–Trinajstić information content (AvgIpc) is 2.75. The number of benzene rings is 1. The Morgan fingerprint density at radius 2 is 2.24 bits per heavy atom. The Morgan fingerprint density at radius 3 is 3.18 bits per heavy atom. The van der Waals surface area contributed by atoms with E-state index in [1.807, 2.05) is 0 Å². The van der Waals surface area contributed by atoms with Gasteiger partial charge >= 0.3 is 0 Å². The number of nitrogens with one attached hydrogen (secondary N) is 2. The second-order valence-electron chi connectivity index (χ2n) is 5.31. The summed E-state index contributed by atoms with van der Waals surface area (Å²) in [6.07, 6.45) is 5.77. The lowest BCUT2D eigenvalue weighted by Crippen LogP contribution is -2.42. The Bertz CT molecular complexity index is 621. The molecule has 17 heavy (non-hydrogen) atoms. The molecule has 0 fully saturated rings. The normalized spacial score (nSPS) is 26.8. The van der Waals surface area contributed by atoms with Gasteiger partial charge in [-0.2, -0.15) is 0 Å². The van der Waals surface area contributed by atoms with E-state index in [1.165, 1.54) is 27.6 Å². The summed E-state index contributed by atoms with van der Waals surface area (Å²) in [4.78, 5) is 3.39. The molecule has 0 saturated carbocycles. The van der Waals surface area contributed by atoms with E-state index in [4.69, 9.17) is 0 Å². The zero-order valence-electron chi connectivity index (χ0n) is 9.96. The molecule has 2 atom stereocenters. The Balaban J connectivity index is 2.01. The van der Waals surface area contributed by atoms with Crippen LogP contribution in [0.2, 0.25) is 0 Å². The summed E-state index contributed by atoms with van der Waals surface area (Å²) in [5.74, 6) is 0.552. The Kier molecular flexibility index (Phi) is 1.80. The minimum atomic E-state index is 0.552. The summed E-state index contributed by atoms with van der Waals surface area (Å²) < 4.78 is 0. The van der Waals surface area contributed by atoms with E-state index < -0.39 is 0 Å². The van der Waals surface area contributed by atoms with Crippen LogP contribution in [0, 0.1) is 0 Å². The van der Waals surface area contributed by atoms with Gasteiger partial charge in [-0.25, -0.2) is 0 Å². The molecule has 2 heteroatoms. The third-order valence-electron chi connectivity index (χ3n) is 4.16. The van der Waals surface area contributed by atoms with Gasteiger partial charge in [0.15, 0.2) is 0 Å². The van der Waals surface area contributed by atoms with Crippen LogP contribution in [0.25, 0.3) is 10.9 Å². The van der Waals surface area contributed by atoms with Crippen molar-refractivity contribution >= 4 is 10.9 Å². The van der Waals surface area contributed by atoms with Crippen LogP contribution in [0.5, 0.6) is 0 Å². The molecule has 2 N–H and O–H groups in total. The van der Waals surface area contributed by atoms with Gasteiger partial charge in [0.05, 0.1) is 0 Å². The molecule has 0 spiro atoms. The van der Waals surface area contributed by atoms with Crippen LogP contribution in [-0.4, -0.2) is 17.6 Å². The van der Waals surface area contributed by atoms with Gasteiger partial charge in [0.25, 0.3) is 0 Å². The van der Waals surface area contributed by atoms with Crippen molar-refractivity contribution in [3.8, 4) is 0 Å². The van der Waals surface area contributed by atoms with Gasteiger partial charge in [0, 0.05) is 35.6 Å². The molecular formula is C15H16N2. The maximum Gasteiger partial charge on any atom is 0.0459 e. The number of H-pyrrole nitrogens is 1. The zero-order valence-corrected chi connectivity index (χ0v) is 9.96. The van der Waals surface area contributed by atoms with E-state index in [-0.39, 0.29) is 0 Å². The molecule has 4 rings (SSSR count). The molecule has 0 radical (unpaired) electrons. The number of hydrogen-bond acceptors (Lipinski definition) is 1. The van der Waals surface area contributed by atoms with Crippen molar-refractivity contribution in [1.29, 1.82) is 0 Å². The van der Waals surface area contributed by atoms with Crippen molar-refractivity contribution in [1.82, 2.24) is 10.3 Å². The maximum absolute atomic E-state index is 3.66. The third kappa shape index (κ3) is 1.25.